The number of amides is 2. The molecule has 1 aromatic heterocycles. The van der Waals surface area contributed by atoms with Crippen LogP contribution in [0, 0.1) is 19.8 Å². The van der Waals surface area contributed by atoms with Gasteiger partial charge >= 0.3 is 12.0 Å². The highest BCUT2D eigenvalue weighted by molar-refractivity contribution is 7.15. The molecule has 1 saturated heterocycles. The minimum Gasteiger partial charge on any atom is -0.481 e. The van der Waals surface area contributed by atoms with Crippen LogP contribution in [0.4, 0.5) is 9.93 Å². The standard InChI is InChI=1S/C12H17N3O3S/c1-7-8(2)19-11(13-7)14-12(18)15-5-3-4-9(6-15)10(16)17/h9H,3-6H2,1-2H3,(H,16,17)(H,13,14,18)/t9-/m0/s1. The molecule has 19 heavy (non-hydrogen) atoms. The van der Waals surface area contributed by atoms with E-state index in [0.717, 1.165) is 17.0 Å². The van der Waals surface area contributed by atoms with Crippen molar-refractivity contribution in [3.05, 3.63) is 10.6 Å². The molecular formula is C12H17N3O3S. The third kappa shape index (κ3) is 3.23. The molecule has 6 nitrogen and oxygen atoms in total. The highest BCUT2D eigenvalue weighted by Gasteiger charge is 2.28. The van der Waals surface area contributed by atoms with Crippen molar-refractivity contribution in [3.8, 4) is 0 Å². The molecule has 0 radical (unpaired) electrons. The quantitative estimate of drug-likeness (QED) is 0.870. The molecule has 0 unspecified atom stereocenters. The number of nitrogens with zero attached hydrogens (tertiary/aromatic N) is 2. The second-order valence-electron chi connectivity index (χ2n) is 4.71. The zero-order chi connectivity index (χ0) is 14.0. The Morgan fingerprint density at radius 2 is 2.21 bits per heavy atom. The van der Waals surface area contributed by atoms with Crippen LogP contribution in [0.15, 0.2) is 0 Å². The van der Waals surface area contributed by atoms with Gasteiger partial charge in [0.05, 0.1) is 11.6 Å². The number of rotatable bonds is 2. The van der Waals surface area contributed by atoms with Gasteiger partial charge in [0, 0.05) is 18.0 Å². The summed E-state index contributed by atoms with van der Waals surface area (Å²) in [4.78, 5) is 29.9. The van der Waals surface area contributed by atoms with E-state index < -0.39 is 11.9 Å². The molecule has 1 fully saturated rings. The van der Waals surface area contributed by atoms with Crippen molar-refractivity contribution < 1.29 is 14.7 Å². The smallest absolute Gasteiger partial charge is 0.323 e. The second kappa shape index (κ2) is 5.56. The van der Waals surface area contributed by atoms with Gasteiger partial charge in [0.2, 0.25) is 0 Å². The largest absolute Gasteiger partial charge is 0.481 e. The van der Waals surface area contributed by atoms with Crippen LogP contribution in [0.3, 0.4) is 0 Å². The molecule has 1 aliphatic heterocycles. The van der Waals surface area contributed by atoms with Crippen molar-refractivity contribution in [2.24, 2.45) is 5.92 Å². The van der Waals surface area contributed by atoms with E-state index in [1.165, 1.54) is 11.3 Å². The van der Waals surface area contributed by atoms with E-state index in [-0.39, 0.29) is 12.6 Å². The van der Waals surface area contributed by atoms with Crippen molar-refractivity contribution in [1.29, 1.82) is 0 Å². The first kappa shape index (κ1) is 13.8. The summed E-state index contributed by atoms with van der Waals surface area (Å²) in [5, 5.41) is 12.3. The summed E-state index contributed by atoms with van der Waals surface area (Å²) in [5.41, 5.74) is 0.905. The fourth-order valence-electron chi connectivity index (χ4n) is 2.06. The molecule has 1 aliphatic rings. The van der Waals surface area contributed by atoms with Crippen molar-refractivity contribution in [2.45, 2.75) is 26.7 Å². The van der Waals surface area contributed by atoms with Gasteiger partial charge in [-0.15, -0.1) is 11.3 Å². The average Bonchev–Trinajstić information content (AvgIpc) is 2.68. The van der Waals surface area contributed by atoms with Crippen LogP contribution < -0.4 is 5.32 Å². The molecule has 104 valence electrons. The number of nitrogens with one attached hydrogen (secondary N) is 1. The maximum Gasteiger partial charge on any atom is 0.323 e. The lowest BCUT2D eigenvalue weighted by atomic mass is 9.99. The number of carboxylic acids is 1. The Morgan fingerprint density at radius 3 is 2.79 bits per heavy atom. The Kier molecular flexibility index (Phi) is 4.04. The van der Waals surface area contributed by atoms with Crippen LogP contribution in [-0.4, -0.2) is 40.1 Å². The van der Waals surface area contributed by atoms with Crippen molar-refractivity contribution in [2.75, 3.05) is 18.4 Å². The minimum atomic E-state index is -0.835. The predicted molar refractivity (Wildman–Crippen MR) is 72.5 cm³/mol. The first-order valence-corrected chi connectivity index (χ1v) is 7.02. The summed E-state index contributed by atoms with van der Waals surface area (Å²) in [6.45, 7) is 4.70. The van der Waals surface area contributed by atoms with Crippen LogP contribution in [0.5, 0.6) is 0 Å². The van der Waals surface area contributed by atoms with E-state index in [4.69, 9.17) is 5.11 Å². The number of likely N-dealkylation sites (tertiary alicyclic amines) is 1. The van der Waals surface area contributed by atoms with Crippen molar-refractivity contribution in [3.63, 3.8) is 0 Å². The predicted octanol–water partition coefficient (Wildman–Crippen LogP) is 2.09. The number of hydrogen-bond acceptors (Lipinski definition) is 4. The molecule has 1 aromatic rings. The van der Waals surface area contributed by atoms with Gasteiger partial charge in [-0.05, 0) is 26.7 Å². The van der Waals surface area contributed by atoms with E-state index >= 15 is 0 Å². The first-order chi connectivity index (χ1) is 8.97. The summed E-state index contributed by atoms with van der Waals surface area (Å²) in [6, 6.07) is -0.264. The highest BCUT2D eigenvalue weighted by atomic mass is 32.1. The summed E-state index contributed by atoms with van der Waals surface area (Å²) in [7, 11) is 0. The topological polar surface area (TPSA) is 82.5 Å². The number of carbonyl (C=O) groups excluding carboxylic acids is 1. The first-order valence-electron chi connectivity index (χ1n) is 6.20. The number of anilines is 1. The Labute approximate surface area is 115 Å². The molecular weight excluding hydrogens is 266 g/mol. The normalized spacial score (nSPS) is 19.3. The van der Waals surface area contributed by atoms with Gasteiger partial charge in [-0.1, -0.05) is 0 Å². The number of aliphatic carboxylic acids is 1. The van der Waals surface area contributed by atoms with Gasteiger partial charge in [-0.2, -0.15) is 0 Å². The Morgan fingerprint density at radius 1 is 1.47 bits per heavy atom. The number of carbonyl (C=O) groups is 2. The van der Waals surface area contributed by atoms with Gasteiger partial charge in [0.15, 0.2) is 5.13 Å². The molecule has 2 amide bonds. The summed E-state index contributed by atoms with van der Waals surface area (Å²) < 4.78 is 0. The molecule has 0 saturated carbocycles. The zero-order valence-corrected chi connectivity index (χ0v) is 11.8. The monoisotopic (exact) mass is 283 g/mol. The maximum absolute atomic E-state index is 12.0. The molecule has 0 bridgehead atoms. The molecule has 0 spiro atoms. The van der Waals surface area contributed by atoms with E-state index in [2.05, 4.69) is 10.3 Å². The summed E-state index contributed by atoms with van der Waals surface area (Å²) in [5.74, 6) is -1.29. The average molecular weight is 283 g/mol. The third-order valence-electron chi connectivity index (χ3n) is 3.30. The highest BCUT2D eigenvalue weighted by Crippen LogP contribution is 2.22. The Balaban J connectivity index is 1.97. The van der Waals surface area contributed by atoms with Gasteiger partial charge in [-0.25, -0.2) is 9.78 Å². The van der Waals surface area contributed by atoms with Crippen LogP contribution >= 0.6 is 11.3 Å². The van der Waals surface area contributed by atoms with Crippen LogP contribution in [0.2, 0.25) is 0 Å². The molecule has 7 heteroatoms. The zero-order valence-electron chi connectivity index (χ0n) is 11.0. The summed E-state index contributed by atoms with van der Waals surface area (Å²) >= 11 is 1.43. The number of piperidine rings is 1. The van der Waals surface area contributed by atoms with Crippen LogP contribution in [0.25, 0.3) is 0 Å². The number of thiazole rings is 1. The third-order valence-corrected chi connectivity index (χ3v) is 4.29. The fourth-order valence-corrected chi connectivity index (χ4v) is 2.86. The molecule has 2 heterocycles. The summed E-state index contributed by atoms with van der Waals surface area (Å²) in [6.07, 6.45) is 1.36. The minimum absolute atomic E-state index is 0.264. The maximum atomic E-state index is 12.0. The lowest BCUT2D eigenvalue weighted by Crippen LogP contribution is -2.44. The van der Waals surface area contributed by atoms with E-state index in [1.807, 2.05) is 13.8 Å². The van der Waals surface area contributed by atoms with Crippen LogP contribution in [-0.2, 0) is 4.79 Å². The number of urea groups is 1. The van der Waals surface area contributed by atoms with E-state index in [1.54, 1.807) is 4.90 Å². The van der Waals surface area contributed by atoms with Gasteiger partial charge in [-0.3, -0.25) is 10.1 Å². The van der Waals surface area contributed by atoms with Crippen molar-refractivity contribution >= 4 is 28.5 Å². The number of aromatic nitrogens is 1. The van der Waals surface area contributed by atoms with Gasteiger partial charge in [0.25, 0.3) is 0 Å². The molecule has 2 N–H and O–H groups in total. The molecule has 2 rings (SSSR count). The van der Waals surface area contributed by atoms with Crippen LogP contribution in [0.1, 0.15) is 23.4 Å². The Hall–Kier alpha value is -1.63. The van der Waals surface area contributed by atoms with Gasteiger partial charge in [0.1, 0.15) is 0 Å². The van der Waals surface area contributed by atoms with Gasteiger partial charge < -0.3 is 10.0 Å². The SMILES string of the molecule is Cc1nc(NC(=O)N2CCC[C@H](C(=O)O)C2)sc1C. The Bertz CT molecular complexity index is 481. The lowest BCUT2D eigenvalue weighted by molar-refractivity contribution is -0.143. The van der Waals surface area contributed by atoms with E-state index in [9.17, 15) is 9.59 Å². The van der Waals surface area contributed by atoms with Crippen molar-refractivity contribution in [1.82, 2.24) is 9.88 Å². The fraction of sp³-hybridized carbons (Fsp3) is 0.583. The lowest BCUT2D eigenvalue weighted by Gasteiger charge is -2.30. The molecule has 0 aliphatic carbocycles. The number of aryl methyl sites for hydroxylation is 2. The number of carboxylic acid groups (broad SMARTS) is 1. The molecule has 1 atom stereocenters. The molecule has 0 aromatic carbocycles. The van der Waals surface area contributed by atoms with E-state index in [0.29, 0.717) is 18.1 Å². The number of hydrogen-bond donors (Lipinski definition) is 2. The second-order valence-corrected chi connectivity index (χ2v) is 5.92.